The molecule has 0 unspecified atom stereocenters. The van der Waals surface area contributed by atoms with E-state index in [1.54, 1.807) is 9.80 Å². The zero-order chi connectivity index (χ0) is 16.3. The van der Waals surface area contributed by atoms with Crippen molar-refractivity contribution in [3.8, 4) is 0 Å². The van der Waals surface area contributed by atoms with Crippen molar-refractivity contribution in [1.82, 2.24) is 14.8 Å². The van der Waals surface area contributed by atoms with E-state index in [-0.39, 0.29) is 17.6 Å². The maximum Gasteiger partial charge on any atom is 0.410 e. The van der Waals surface area contributed by atoms with Gasteiger partial charge in [-0.2, -0.15) is 0 Å². The van der Waals surface area contributed by atoms with Gasteiger partial charge in [-0.3, -0.25) is 9.59 Å². The molecule has 1 aromatic heterocycles. The molecule has 2 heterocycles. The van der Waals surface area contributed by atoms with E-state index in [0.29, 0.717) is 31.7 Å². The van der Waals surface area contributed by atoms with E-state index >= 15 is 0 Å². The molecule has 7 nitrogen and oxygen atoms in total. The number of ether oxygens (including phenoxy) is 1. The largest absolute Gasteiger partial charge is 0.444 e. The molecule has 0 spiro atoms. The van der Waals surface area contributed by atoms with E-state index in [4.69, 9.17) is 4.74 Å². The summed E-state index contributed by atoms with van der Waals surface area (Å²) in [5, 5.41) is 0. The van der Waals surface area contributed by atoms with E-state index in [1.807, 2.05) is 20.8 Å². The number of piperazine rings is 1. The first kappa shape index (κ1) is 16.1. The molecule has 120 valence electrons. The van der Waals surface area contributed by atoms with Gasteiger partial charge in [0.05, 0.1) is 5.56 Å². The van der Waals surface area contributed by atoms with Gasteiger partial charge in [0, 0.05) is 38.4 Å². The summed E-state index contributed by atoms with van der Waals surface area (Å²) < 4.78 is 5.31. The molecular weight excluding hydrogens is 286 g/mol. The zero-order valence-electron chi connectivity index (χ0n) is 13.1. The van der Waals surface area contributed by atoms with Crippen LogP contribution in [0.5, 0.6) is 0 Å². The smallest absolute Gasteiger partial charge is 0.410 e. The fourth-order valence-electron chi connectivity index (χ4n) is 2.14. The predicted molar refractivity (Wildman–Crippen MR) is 80.8 cm³/mol. The lowest BCUT2D eigenvalue weighted by Gasteiger charge is -2.35. The number of pyridine rings is 1. The summed E-state index contributed by atoms with van der Waals surface area (Å²) in [6, 6.07) is 2.82. The topological polar surface area (TPSA) is 82.7 Å². The highest BCUT2D eigenvalue weighted by atomic mass is 16.6. The lowest BCUT2D eigenvalue weighted by atomic mass is 10.2. The highest BCUT2D eigenvalue weighted by Gasteiger charge is 2.28. The van der Waals surface area contributed by atoms with Crippen LogP contribution in [0.1, 0.15) is 31.1 Å². The van der Waals surface area contributed by atoms with Crippen LogP contribution >= 0.6 is 0 Å². The SMILES string of the molecule is CC(C)(C)OC(=O)N1CCN(C(=O)c2ccc(=O)[nH]c2)CC1. The van der Waals surface area contributed by atoms with Crippen molar-refractivity contribution in [2.45, 2.75) is 26.4 Å². The second kappa shape index (κ2) is 6.21. The first-order valence-electron chi connectivity index (χ1n) is 7.22. The Bertz CT molecular complexity index is 589. The third-order valence-electron chi connectivity index (χ3n) is 3.25. The molecule has 0 aromatic carbocycles. The first-order chi connectivity index (χ1) is 10.3. The molecule has 22 heavy (non-hydrogen) atoms. The van der Waals surface area contributed by atoms with Crippen molar-refractivity contribution in [3.05, 3.63) is 34.2 Å². The number of amides is 2. The van der Waals surface area contributed by atoms with E-state index in [1.165, 1.54) is 18.3 Å². The second-order valence-corrected chi connectivity index (χ2v) is 6.20. The Labute approximate surface area is 128 Å². The third kappa shape index (κ3) is 4.09. The van der Waals surface area contributed by atoms with Gasteiger partial charge in [-0.25, -0.2) is 4.79 Å². The molecule has 1 saturated heterocycles. The van der Waals surface area contributed by atoms with Gasteiger partial charge in [-0.15, -0.1) is 0 Å². The van der Waals surface area contributed by atoms with Gasteiger partial charge < -0.3 is 19.5 Å². The third-order valence-corrected chi connectivity index (χ3v) is 3.25. The highest BCUT2D eigenvalue weighted by molar-refractivity contribution is 5.94. The number of carbonyl (C=O) groups excluding carboxylic acids is 2. The Kier molecular flexibility index (Phi) is 4.54. The molecule has 0 radical (unpaired) electrons. The minimum absolute atomic E-state index is 0.153. The van der Waals surface area contributed by atoms with Gasteiger partial charge in [-0.1, -0.05) is 0 Å². The standard InChI is InChI=1S/C15H21N3O4/c1-15(2,3)22-14(21)18-8-6-17(7-9-18)13(20)11-4-5-12(19)16-10-11/h4-5,10H,6-9H2,1-3H3,(H,16,19). The molecule has 0 saturated carbocycles. The van der Waals surface area contributed by atoms with E-state index < -0.39 is 5.60 Å². The summed E-state index contributed by atoms with van der Waals surface area (Å²) in [6.07, 6.45) is 1.05. The van der Waals surface area contributed by atoms with Gasteiger partial charge in [-0.05, 0) is 26.8 Å². The average Bonchev–Trinajstić information content (AvgIpc) is 2.46. The van der Waals surface area contributed by atoms with Crippen LogP contribution in [-0.4, -0.2) is 58.6 Å². The fourth-order valence-corrected chi connectivity index (χ4v) is 2.14. The Morgan fingerprint density at radius 1 is 1.09 bits per heavy atom. The zero-order valence-corrected chi connectivity index (χ0v) is 13.1. The molecule has 1 N–H and O–H groups in total. The molecule has 1 aliphatic rings. The number of aromatic nitrogens is 1. The Morgan fingerprint density at radius 3 is 2.18 bits per heavy atom. The average molecular weight is 307 g/mol. The summed E-state index contributed by atoms with van der Waals surface area (Å²) in [4.78, 5) is 41.0. The van der Waals surface area contributed by atoms with Crippen molar-refractivity contribution in [2.24, 2.45) is 0 Å². The minimum atomic E-state index is -0.528. The number of rotatable bonds is 1. The lowest BCUT2D eigenvalue weighted by molar-refractivity contribution is 0.0141. The number of hydrogen-bond donors (Lipinski definition) is 1. The number of nitrogens with one attached hydrogen (secondary N) is 1. The molecule has 2 rings (SSSR count). The maximum absolute atomic E-state index is 12.3. The van der Waals surface area contributed by atoms with Crippen molar-refractivity contribution in [1.29, 1.82) is 0 Å². The van der Waals surface area contributed by atoms with Crippen LogP contribution in [0.3, 0.4) is 0 Å². The number of carbonyl (C=O) groups is 2. The number of hydrogen-bond acceptors (Lipinski definition) is 4. The van der Waals surface area contributed by atoms with Gasteiger partial charge in [0.2, 0.25) is 5.56 Å². The van der Waals surface area contributed by atoms with Gasteiger partial charge in [0.1, 0.15) is 5.60 Å². The van der Waals surface area contributed by atoms with Crippen LogP contribution in [0.2, 0.25) is 0 Å². The summed E-state index contributed by atoms with van der Waals surface area (Å²) in [7, 11) is 0. The molecule has 0 aliphatic carbocycles. The maximum atomic E-state index is 12.3. The Balaban J connectivity index is 1.92. The summed E-state index contributed by atoms with van der Waals surface area (Å²) in [5.74, 6) is -0.153. The summed E-state index contributed by atoms with van der Waals surface area (Å²) >= 11 is 0. The van der Waals surface area contributed by atoms with E-state index in [2.05, 4.69) is 4.98 Å². The summed E-state index contributed by atoms with van der Waals surface area (Å²) in [6.45, 7) is 7.21. The summed E-state index contributed by atoms with van der Waals surface area (Å²) in [5.41, 5.74) is -0.337. The van der Waals surface area contributed by atoms with Gasteiger partial charge in [0.15, 0.2) is 0 Å². The van der Waals surface area contributed by atoms with E-state index in [9.17, 15) is 14.4 Å². The molecule has 1 fully saturated rings. The highest BCUT2D eigenvalue weighted by Crippen LogP contribution is 2.13. The van der Waals surface area contributed by atoms with E-state index in [0.717, 1.165) is 0 Å². The van der Waals surface area contributed by atoms with Crippen molar-refractivity contribution in [2.75, 3.05) is 26.2 Å². The predicted octanol–water partition coefficient (Wildman–Crippen LogP) is 1.07. The quantitative estimate of drug-likeness (QED) is 0.841. The van der Waals surface area contributed by atoms with Crippen molar-refractivity contribution < 1.29 is 14.3 Å². The molecule has 1 aromatic rings. The van der Waals surface area contributed by atoms with Crippen LogP contribution in [0.4, 0.5) is 4.79 Å². The van der Waals surface area contributed by atoms with Gasteiger partial charge in [0.25, 0.3) is 5.91 Å². The van der Waals surface area contributed by atoms with Crippen LogP contribution in [0.15, 0.2) is 23.1 Å². The molecular formula is C15H21N3O4. The second-order valence-electron chi connectivity index (χ2n) is 6.20. The van der Waals surface area contributed by atoms with Crippen molar-refractivity contribution in [3.63, 3.8) is 0 Å². The fraction of sp³-hybridized carbons (Fsp3) is 0.533. The van der Waals surface area contributed by atoms with Crippen LogP contribution < -0.4 is 5.56 Å². The number of H-pyrrole nitrogens is 1. The molecule has 0 atom stereocenters. The molecule has 2 amide bonds. The Hall–Kier alpha value is -2.31. The monoisotopic (exact) mass is 307 g/mol. The van der Waals surface area contributed by atoms with Crippen LogP contribution in [0.25, 0.3) is 0 Å². The molecule has 0 bridgehead atoms. The minimum Gasteiger partial charge on any atom is -0.444 e. The lowest BCUT2D eigenvalue weighted by Crippen LogP contribution is -2.51. The first-order valence-corrected chi connectivity index (χ1v) is 7.22. The normalized spacial score (nSPS) is 15.6. The van der Waals surface area contributed by atoms with Crippen molar-refractivity contribution >= 4 is 12.0 Å². The number of aromatic amines is 1. The Morgan fingerprint density at radius 2 is 1.68 bits per heavy atom. The molecule has 1 aliphatic heterocycles. The van der Waals surface area contributed by atoms with Crippen LogP contribution in [-0.2, 0) is 4.74 Å². The van der Waals surface area contributed by atoms with Gasteiger partial charge >= 0.3 is 6.09 Å². The van der Waals surface area contributed by atoms with Crippen LogP contribution in [0, 0.1) is 0 Å². The molecule has 7 heteroatoms. The number of nitrogens with zero attached hydrogens (tertiary/aromatic N) is 2.